The van der Waals surface area contributed by atoms with E-state index in [1.54, 1.807) is 10.9 Å². The molecule has 1 aliphatic carbocycles. The van der Waals surface area contributed by atoms with Crippen LogP contribution in [0.5, 0.6) is 0 Å². The molecule has 0 saturated heterocycles. The van der Waals surface area contributed by atoms with Crippen molar-refractivity contribution in [2.24, 2.45) is 0 Å². The highest BCUT2D eigenvalue weighted by molar-refractivity contribution is 5.75. The lowest BCUT2D eigenvalue weighted by molar-refractivity contribution is -0.122. The van der Waals surface area contributed by atoms with Gasteiger partial charge in [-0.15, -0.1) is 0 Å². The van der Waals surface area contributed by atoms with E-state index in [1.165, 1.54) is 12.8 Å². The van der Waals surface area contributed by atoms with Crippen LogP contribution in [0, 0.1) is 6.92 Å². The fourth-order valence-corrected chi connectivity index (χ4v) is 2.04. The molecule has 1 aromatic rings. The second-order valence-corrected chi connectivity index (χ2v) is 4.26. The molecule has 0 atom stereocenters. The number of hydrogen-bond donors (Lipinski definition) is 1. The van der Waals surface area contributed by atoms with Gasteiger partial charge in [0.1, 0.15) is 6.54 Å². The predicted octanol–water partition coefficient (Wildman–Crippen LogP) is 1.25. The minimum atomic E-state index is 0.0741. The van der Waals surface area contributed by atoms with Gasteiger partial charge in [0.2, 0.25) is 5.91 Å². The molecule has 0 aliphatic heterocycles. The summed E-state index contributed by atoms with van der Waals surface area (Å²) in [6, 6.07) is 0.397. The summed E-state index contributed by atoms with van der Waals surface area (Å²) < 4.78 is 1.68. The topological polar surface area (TPSA) is 46.9 Å². The number of carbonyl (C=O) groups is 1. The molecular formula is C11H17N3O. The van der Waals surface area contributed by atoms with E-state index in [4.69, 9.17) is 0 Å². The molecule has 82 valence electrons. The Morgan fingerprint density at radius 1 is 1.60 bits per heavy atom. The molecule has 1 aliphatic rings. The zero-order chi connectivity index (χ0) is 10.7. The van der Waals surface area contributed by atoms with Crippen molar-refractivity contribution in [3.63, 3.8) is 0 Å². The van der Waals surface area contributed by atoms with E-state index >= 15 is 0 Å². The number of nitrogens with zero attached hydrogens (tertiary/aromatic N) is 2. The summed E-state index contributed by atoms with van der Waals surface area (Å²) in [4.78, 5) is 11.6. The maximum absolute atomic E-state index is 11.6. The lowest BCUT2D eigenvalue weighted by Gasteiger charge is -2.11. The number of nitrogens with one attached hydrogen (secondary N) is 1. The van der Waals surface area contributed by atoms with Crippen LogP contribution in [0.1, 0.15) is 31.2 Å². The van der Waals surface area contributed by atoms with Crippen LogP contribution in [0.4, 0.5) is 0 Å². The van der Waals surface area contributed by atoms with Crippen LogP contribution in [0.25, 0.3) is 0 Å². The Bertz CT molecular complexity index is 339. The van der Waals surface area contributed by atoms with Gasteiger partial charge >= 0.3 is 0 Å². The minimum Gasteiger partial charge on any atom is -0.352 e. The van der Waals surface area contributed by atoms with Crippen LogP contribution < -0.4 is 5.32 Å². The largest absolute Gasteiger partial charge is 0.352 e. The standard InChI is InChI=1S/C11H17N3O/c1-9-6-12-14(7-9)8-11(15)13-10-4-2-3-5-10/h6-7,10H,2-5,8H2,1H3,(H,13,15). The molecule has 0 bridgehead atoms. The van der Waals surface area contributed by atoms with Gasteiger partial charge in [0, 0.05) is 12.2 Å². The fraction of sp³-hybridized carbons (Fsp3) is 0.636. The zero-order valence-corrected chi connectivity index (χ0v) is 9.07. The smallest absolute Gasteiger partial charge is 0.241 e. The minimum absolute atomic E-state index is 0.0741. The van der Waals surface area contributed by atoms with Gasteiger partial charge in [-0.1, -0.05) is 12.8 Å². The fourth-order valence-electron chi connectivity index (χ4n) is 2.04. The number of aromatic nitrogens is 2. The van der Waals surface area contributed by atoms with Crippen molar-refractivity contribution in [2.75, 3.05) is 0 Å². The molecule has 4 heteroatoms. The zero-order valence-electron chi connectivity index (χ0n) is 9.07. The molecule has 0 spiro atoms. The summed E-state index contributed by atoms with van der Waals surface area (Å²) in [5.41, 5.74) is 1.09. The summed E-state index contributed by atoms with van der Waals surface area (Å²) in [7, 11) is 0. The normalized spacial score (nSPS) is 16.9. The molecule has 1 N–H and O–H groups in total. The van der Waals surface area contributed by atoms with Crippen molar-refractivity contribution in [2.45, 2.75) is 45.2 Å². The van der Waals surface area contributed by atoms with Crippen LogP contribution in [-0.4, -0.2) is 21.7 Å². The molecule has 0 unspecified atom stereocenters. The van der Waals surface area contributed by atoms with Gasteiger partial charge in [-0.05, 0) is 25.3 Å². The van der Waals surface area contributed by atoms with Crippen LogP contribution in [-0.2, 0) is 11.3 Å². The number of rotatable bonds is 3. The molecule has 1 amide bonds. The molecule has 1 aromatic heterocycles. The Hall–Kier alpha value is -1.32. The van der Waals surface area contributed by atoms with Gasteiger partial charge in [-0.25, -0.2) is 0 Å². The van der Waals surface area contributed by atoms with Crippen molar-refractivity contribution in [1.82, 2.24) is 15.1 Å². The lowest BCUT2D eigenvalue weighted by atomic mass is 10.2. The lowest BCUT2D eigenvalue weighted by Crippen LogP contribution is -2.35. The number of carbonyl (C=O) groups excluding carboxylic acids is 1. The third-order valence-electron chi connectivity index (χ3n) is 2.79. The summed E-state index contributed by atoms with van der Waals surface area (Å²) in [5.74, 6) is 0.0741. The SMILES string of the molecule is Cc1cnn(CC(=O)NC2CCCC2)c1. The number of hydrogen-bond acceptors (Lipinski definition) is 2. The van der Waals surface area contributed by atoms with E-state index in [-0.39, 0.29) is 5.91 Å². The monoisotopic (exact) mass is 207 g/mol. The van der Waals surface area contributed by atoms with E-state index in [1.807, 2.05) is 13.1 Å². The van der Waals surface area contributed by atoms with Crippen molar-refractivity contribution >= 4 is 5.91 Å². The highest BCUT2D eigenvalue weighted by Gasteiger charge is 2.17. The summed E-state index contributed by atoms with van der Waals surface area (Å²) >= 11 is 0. The van der Waals surface area contributed by atoms with Crippen molar-refractivity contribution < 1.29 is 4.79 Å². The first-order chi connectivity index (χ1) is 7.24. The Morgan fingerprint density at radius 3 is 2.93 bits per heavy atom. The first-order valence-electron chi connectivity index (χ1n) is 5.52. The first kappa shape index (κ1) is 10.2. The Labute approximate surface area is 89.7 Å². The maximum atomic E-state index is 11.6. The third-order valence-corrected chi connectivity index (χ3v) is 2.79. The second-order valence-electron chi connectivity index (χ2n) is 4.26. The third kappa shape index (κ3) is 2.81. The van der Waals surface area contributed by atoms with Gasteiger partial charge in [-0.2, -0.15) is 5.10 Å². The molecule has 15 heavy (non-hydrogen) atoms. The van der Waals surface area contributed by atoms with Crippen LogP contribution in [0.2, 0.25) is 0 Å². The quantitative estimate of drug-likeness (QED) is 0.810. The van der Waals surface area contributed by atoms with Crippen molar-refractivity contribution in [1.29, 1.82) is 0 Å². The average Bonchev–Trinajstić information content (AvgIpc) is 2.77. The number of aryl methyl sites for hydroxylation is 1. The number of amides is 1. The van der Waals surface area contributed by atoms with E-state index in [0.29, 0.717) is 12.6 Å². The second kappa shape index (κ2) is 4.47. The maximum Gasteiger partial charge on any atom is 0.241 e. The van der Waals surface area contributed by atoms with Crippen LogP contribution in [0.15, 0.2) is 12.4 Å². The first-order valence-corrected chi connectivity index (χ1v) is 5.52. The van der Waals surface area contributed by atoms with E-state index in [9.17, 15) is 4.79 Å². The Balaban J connectivity index is 1.81. The summed E-state index contributed by atoms with van der Waals surface area (Å²) in [6.07, 6.45) is 8.39. The molecule has 0 aromatic carbocycles. The summed E-state index contributed by atoms with van der Waals surface area (Å²) in [5, 5.41) is 7.12. The molecule has 1 heterocycles. The van der Waals surface area contributed by atoms with Crippen LogP contribution >= 0.6 is 0 Å². The molecule has 1 fully saturated rings. The van der Waals surface area contributed by atoms with Gasteiger partial charge in [0.25, 0.3) is 0 Å². The van der Waals surface area contributed by atoms with Gasteiger partial charge in [0.05, 0.1) is 6.20 Å². The van der Waals surface area contributed by atoms with Gasteiger partial charge < -0.3 is 5.32 Å². The molecule has 4 nitrogen and oxygen atoms in total. The Kier molecular flexibility index (Phi) is 3.04. The van der Waals surface area contributed by atoms with Crippen molar-refractivity contribution in [3.05, 3.63) is 18.0 Å². The highest BCUT2D eigenvalue weighted by atomic mass is 16.2. The average molecular weight is 207 g/mol. The predicted molar refractivity (Wildman–Crippen MR) is 57.4 cm³/mol. The molecule has 1 saturated carbocycles. The van der Waals surface area contributed by atoms with Crippen molar-refractivity contribution in [3.8, 4) is 0 Å². The molecule has 2 rings (SSSR count). The van der Waals surface area contributed by atoms with E-state index < -0.39 is 0 Å². The molecule has 0 radical (unpaired) electrons. The Morgan fingerprint density at radius 2 is 2.33 bits per heavy atom. The van der Waals surface area contributed by atoms with E-state index in [0.717, 1.165) is 18.4 Å². The van der Waals surface area contributed by atoms with E-state index in [2.05, 4.69) is 10.4 Å². The van der Waals surface area contributed by atoms with Crippen LogP contribution in [0.3, 0.4) is 0 Å². The summed E-state index contributed by atoms with van der Waals surface area (Å²) in [6.45, 7) is 2.31. The highest BCUT2D eigenvalue weighted by Crippen LogP contribution is 2.17. The molecular weight excluding hydrogens is 190 g/mol. The van der Waals surface area contributed by atoms with Gasteiger partial charge in [-0.3, -0.25) is 9.48 Å². The van der Waals surface area contributed by atoms with Gasteiger partial charge in [0.15, 0.2) is 0 Å².